The number of benzene rings is 2. The molecule has 0 heterocycles. The van der Waals surface area contributed by atoms with E-state index in [9.17, 15) is 22.4 Å². The first-order valence-corrected chi connectivity index (χ1v) is 6.82. The first kappa shape index (κ1) is 17.6. The van der Waals surface area contributed by atoms with E-state index in [2.05, 4.69) is 10.1 Å². The van der Waals surface area contributed by atoms with Crippen LogP contribution in [0.1, 0.15) is 6.92 Å². The molecule has 0 aliphatic heterocycles. The number of rotatable bonds is 5. The minimum Gasteiger partial charge on any atom is -0.481 e. The van der Waals surface area contributed by atoms with Crippen LogP contribution >= 0.6 is 0 Å². The van der Waals surface area contributed by atoms with E-state index >= 15 is 0 Å². The van der Waals surface area contributed by atoms with Gasteiger partial charge in [0, 0.05) is 5.69 Å². The standard InChI is InChI=1S/C16H13F4NO3/c1-10(23-13-6-2-11(17)3-7-13)15(22)21-12-4-8-14(9-5-12)24-16(18,19)20/h2-10H,1H3,(H,21,22)/t10-/m0/s1. The molecule has 24 heavy (non-hydrogen) atoms. The molecule has 4 nitrogen and oxygen atoms in total. The van der Waals surface area contributed by atoms with Crippen molar-refractivity contribution < 1.29 is 31.8 Å². The largest absolute Gasteiger partial charge is 0.573 e. The van der Waals surface area contributed by atoms with Crippen LogP contribution in [0.5, 0.6) is 11.5 Å². The highest BCUT2D eigenvalue weighted by Crippen LogP contribution is 2.24. The molecule has 0 aliphatic rings. The summed E-state index contributed by atoms with van der Waals surface area (Å²) < 4.78 is 58.0. The molecule has 0 aliphatic carbocycles. The zero-order valence-corrected chi connectivity index (χ0v) is 12.4. The quantitative estimate of drug-likeness (QED) is 0.831. The summed E-state index contributed by atoms with van der Waals surface area (Å²) in [6.45, 7) is 1.49. The maximum Gasteiger partial charge on any atom is 0.573 e. The molecule has 0 saturated carbocycles. The van der Waals surface area contributed by atoms with Gasteiger partial charge in [-0.2, -0.15) is 0 Å². The van der Waals surface area contributed by atoms with Crippen molar-refractivity contribution in [2.75, 3.05) is 5.32 Å². The Bertz CT molecular complexity index is 684. The monoisotopic (exact) mass is 343 g/mol. The van der Waals surface area contributed by atoms with Crippen LogP contribution in [0.3, 0.4) is 0 Å². The third-order valence-corrected chi connectivity index (χ3v) is 2.85. The van der Waals surface area contributed by atoms with E-state index in [0.29, 0.717) is 5.75 Å². The van der Waals surface area contributed by atoms with Gasteiger partial charge in [0.05, 0.1) is 0 Å². The lowest BCUT2D eigenvalue weighted by Gasteiger charge is -2.15. The van der Waals surface area contributed by atoms with Gasteiger partial charge in [0.15, 0.2) is 6.10 Å². The van der Waals surface area contributed by atoms with Crippen molar-refractivity contribution in [1.82, 2.24) is 0 Å². The van der Waals surface area contributed by atoms with Crippen LogP contribution in [0.25, 0.3) is 0 Å². The normalized spacial score (nSPS) is 12.4. The molecule has 1 amide bonds. The maximum absolute atomic E-state index is 12.8. The van der Waals surface area contributed by atoms with Gasteiger partial charge >= 0.3 is 6.36 Å². The minimum absolute atomic E-state index is 0.282. The lowest BCUT2D eigenvalue weighted by atomic mass is 10.2. The van der Waals surface area contributed by atoms with Crippen LogP contribution in [-0.2, 0) is 4.79 Å². The number of ether oxygens (including phenoxy) is 2. The van der Waals surface area contributed by atoms with E-state index in [4.69, 9.17) is 4.74 Å². The van der Waals surface area contributed by atoms with Gasteiger partial charge in [-0.05, 0) is 55.5 Å². The molecule has 2 aromatic carbocycles. The Morgan fingerprint density at radius 2 is 1.54 bits per heavy atom. The van der Waals surface area contributed by atoms with Crippen molar-refractivity contribution in [2.45, 2.75) is 19.4 Å². The second-order valence-corrected chi connectivity index (χ2v) is 4.78. The molecule has 2 rings (SSSR count). The number of nitrogens with one attached hydrogen (secondary N) is 1. The highest BCUT2D eigenvalue weighted by molar-refractivity contribution is 5.94. The summed E-state index contributed by atoms with van der Waals surface area (Å²) in [7, 11) is 0. The van der Waals surface area contributed by atoms with Gasteiger partial charge in [0.25, 0.3) is 5.91 Å². The van der Waals surface area contributed by atoms with Crippen LogP contribution in [0.2, 0.25) is 0 Å². The van der Waals surface area contributed by atoms with Gasteiger partial charge in [-0.1, -0.05) is 0 Å². The van der Waals surface area contributed by atoms with Crippen molar-refractivity contribution >= 4 is 11.6 Å². The molecule has 0 spiro atoms. The number of hydrogen-bond acceptors (Lipinski definition) is 3. The predicted octanol–water partition coefficient (Wildman–Crippen LogP) is 4.13. The zero-order chi connectivity index (χ0) is 17.7. The first-order chi connectivity index (χ1) is 11.2. The second kappa shape index (κ2) is 7.20. The smallest absolute Gasteiger partial charge is 0.481 e. The van der Waals surface area contributed by atoms with Gasteiger partial charge in [-0.15, -0.1) is 13.2 Å². The predicted molar refractivity (Wildman–Crippen MR) is 78.2 cm³/mol. The van der Waals surface area contributed by atoms with Gasteiger partial charge in [-0.3, -0.25) is 4.79 Å². The maximum atomic E-state index is 12.8. The Balaban J connectivity index is 1.92. The fourth-order valence-electron chi connectivity index (χ4n) is 1.75. The summed E-state index contributed by atoms with van der Waals surface area (Å²) in [5, 5.41) is 2.49. The van der Waals surface area contributed by atoms with Gasteiger partial charge in [-0.25, -0.2) is 4.39 Å². The number of carbonyl (C=O) groups is 1. The average molecular weight is 343 g/mol. The molecular weight excluding hydrogens is 330 g/mol. The van der Waals surface area contributed by atoms with Crippen molar-refractivity contribution in [2.24, 2.45) is 0 Å². The average Bonchev–Trinajstić information content (AvgIpc) is 2.50. The Kier molecular flexibility index (Phi) is 5.28. The fraction of sp³-hybridized carbons (Fsp3) is 0.188. The molecule has 0 aromatic heterocycles. The van der Waals surface area contributed by atoms with Crippen LogP contribution in [0.4, 0.5) is 23.2 Å². The molecular formula is C16H13F4NO3. The second-order valence-electron chi connectivity index (χ2n) is 4.78. The van der Waals surface area contributed by atoms with E-state index in [0.717, 1.165) is 12.1 Å². The Morgan fingerprint density at radius 3 is 2.08 bits per heavy atom. The summed E-state index contributed by atoms with van der Waals surface area (Å²) >= 11 is 0. The van der Waals surface area contributed by atoms with Crippen molar-refractivity contribution in [3.05, 3.63) is 54.3 Å². The van der Waals surface area contributed by atoms with Crippen molar-refractivity contribution in [1.29, 1.82) is 0 Å². The third kappa shape index (κ3) is 5.45. The SMILES string of the molecule is C[C@H](Oc1ccc(F)cc1)C(=O)Nc1ccc(OC(F)(F)F)cc1. The number of halogens is 4. The fourth-order valence-corrected chi connectivity index (χ4v) is 1.75. The number of alkyl halides is 3. The number of amides is 1. The molecule has 1 atom stereocenters. The van der Waals surface area contributed by atoms with Gasteiger partial charge in [0.2, 0.25) is 0 Å². The van der Waals surface area contributed by atoms with E-state index < -0.39 is 29.9 Å². The molecule has 0 bridgehead atoms. The minimum atomic E-state index is -4.78. The van der Waals surface area contributed by atoms with E-state index in [1.807, 2.05) is 0 Å². The van der Waals surface area contributed by atoms with E-state index in [1.165, 1.54) is 43.3 Å². The van der Waals surface area contributed by atoms with Crippen LogP contribution in [-0.4, -0.2) is 18.4 Å². The van der Waals surface area contributed by atoms with E-state index in [-0.39, 0.29) is 5.69 Å². The van der Waals surface area contributed by atoms with Crippen LogP contribution in [0, 0.1) is 5.82 Å². The number of anilines is 1. The van der Waals surface area contributed by atoms with Crippen LogP contribution in [0.15, 0.2) is 48.5 Å². The summed E-state index contributed by atoms with van der Waals surface area (Å²) in [4.78, 5) is 12.0. The first-order valence-electron chi connectivity index (χ1n) is 6.82. The lowest BCUT2D eigenvalue weighted by Crippen LogP contribution is -2.30. The highest BCUT2D eigenvalue weighted by atomic mass is 19.4. The summed E-state index contributed by atoms with van der Waals surface area (Å²) in [6.07, 6.45) is -5.66. The van der Waals surface area contributed by atoms with Crippen LogP contribution < -0.4 is 14.8 Å². The molecule has 2 aromatic rings. The zero-order valence-electron chi connectivity index (χ0n) is 12.4. The van der Waals surface area contributed by atoms with E-state index in [1.54, 1.807) is 0 Å². The molecule has 1 N–H and O–H groups in total. The molecule has 0 fully saturated rings. The molecule has 8 heteroatoms. The Labute approximate surface area is 135 Å². The number of hydrogen-bond donors (Lipinski definition) is 1. The Morgan fingerprint density at radius 1 is 1.00 bits per heavy atom. The summed E-state index contributed by atoms with van der Waals surface area (Å²) in [6, 6.07) is 9.83. The van der Waals surface area contributed by atoms with Gasteiger partial charge in [0.1, 0.15) is 17.3 Å². The molecule has 0 radical (unpaired) electrons. The topological polar surface area (TPSA) is 47.6 Å². The highest BCUT2D eigenvalue weighted by Gasteiger charge is 2.31. The third-order valence-electron chi connectivity index (χ3n) is 2.85. The number of carbonyl (C=O) groups excluding carboxylic acids is 1. The summed E-state index contributed by atoms with van der Waals surface area (Å²) in [5.41, 5.74) is 0.282. The lowest BCUT2D eigenvalue weighted by molar-refractivity contribution is -0.274. The van der Waals surface area contributed by atoms with Crippen molar-refractivity contribution in [3.63, 3.8) is 0 Å². The van der Waals surface area contributed by atoms with Gasteiger partial charge < -0.3 is 14.8 Å². The Hall–Kier alpha value is -2.77. The molecule has 0 unspecified atom stereocenters. The summed E-state index contributed by atoms with van der Waals surface area (Å²) in [5.74, 6) is -1.02. The van der Waals surface area contributed by atoms with Crippen molar-refractivity contribution in [3.8, 4) is 11.5 Å². The molecule has 0 saturated heterocycles. The molecule has 128 valence electrons.